The molecule has 0 atom stereocenters. The van der Waals surface area contributed by atoms with Crippen LogP contribution in [0.2, 0.25) is 5.02 Å². The first-order valence-electron chi connectivity index (χ1n) is 6.37. The van der Waals surface area contributed by atoms with Gasteiger partial charge in [0.1, 0.15) is 0 Å². The quantitative estimate of drug-likeness (QED) is 0.624. The van der Waals surface area contributed by atoms with E-state index in [0.29, 0.717) is 16.8 Å². The summed E-state index contributed by atoms with van der Waals surface area (Å²) in [6.07, 6.45) is -2.94. The van der Waals surface area contributed by atoms with Crippen molar-refractivity contribution in [3.8, 4) is 0 Å². The molecule has 1 amide bonds. The van der Waals surface area contributed by atoms with Gasteiger partial charge in [0, 0.05) is 17.4 Å². The number of alkyl halides is 3. The molecule has 2 rings (SSSR count). The number of anilines is 1. The first-order valence-corrected chi connectivity index (χ1v) is 7.16. The van der Waals surface area contributed by atoms with Crippen LogP contribution in [-0.4, -0.2) is 16.0 Å². The fourth-order valence-corrected chi connectivity index (χ4v) is 2.10. The van der Waals surface area contributed by atoms with Crippen LogP contribution in [0.25, 0.3) is 0 Å². The van der Waals surface area contributed by atoms with E-state index < -0.39 is 23.2 Å². The highest BCUT2D eigenvalue weighted by molar-refractivity contribution is 7.80. The Morgan fingerprint density at radius 2 is 1.88 bits per heavy atom. The van der Waals surface area contributed by atoms with Crippen LogP contribution in [0.4, 0.5) is 18.9 Å². The summed E-state index contributed by atoms with van der Waals surface area (Å²) in [4.78, 5) is 15.8. The molecule has 0 aliphatic carbocycles. The lowest BCUT2D eigenvalue weighted by Gasteiger charge is -2.24. The number of hydrogen-bond acceptors (Lipinski definition) is 3. The normalized spacial score (nSPS) is 11.0. The first-order chi connectivity index (χ1) is 11.2. The fraction of sp³-hybridized carbons (Fsp3) is 0.0714. The summed E-state index contributed by atoms with van der Waals surface area (Å²) < 4.78 is 39.0. The van der Waals surface area contributed by atoms with E-state index in [1.807, 2.05) is 0 Å². The number of nitrogens with zero attached hydrogens (tertiary/aromatic N) is 2. The number of benzene rings is 1. The van der Waals surface area contributed by atoms with E-state index >= 15 is 0 Å². The molecule has 0 aliphatic rings. The fourth-order valence-electron chi connectivity index (χ4n) is 1.82. The van der Waals surface area contributed by atoms with Crippen molar-refractivity contribution in [3.05, 3.63) is 58.9 Å². The smallest absolute Gasteiger partial charge is 0.374 e. The van der Waals surface area contributed by atoms with Crippen LogP contribution in [0, 0.1) is 0 Å². The lowest BCUT2D eigenvalue weighted by molar-refractivity contribution is -0.138. The van der Waals surface area contributed by atoms with Crippen LogP contribution in [0.15, 0.2) is 42.7 Å². The van der Waals surface area contributed by atoms with Crippen LogP contribution in [0.5, 0.6) is 0 Å². The molecule has 1 aromatic heterocycles. The minimum absolute atomic E-state index is 0.261. The van der Waals surface area contributed by atoms with Gasteiger partial charge in [0.15, 0.2) is 5.11 Å². The number of aromatic nitrogens is 1. The second kappa shape index (κ2) is 7.02. The summed E-state index contributed by atoms with van der Waals surface area (Å²) in [7, 11) is 0. The van der Waals surface area contributed by atoms with E-state index in [4.69, 9.17) is 29.6 Å². The zero-order valence-electron chi connectivity index (χ0n) is 11.8. The molecule has 0 radical (unpaired) electrons. The minimum atomic E-state index is -4.70. The summed E-state index contributed by atoms with van der Waals surface area (Å²) in [5.74, 6) is -1.06. The third-order valence-corrected chi connectivity index (χ3v) is 3.32. The highest BCUT2D eigenvalue weighted by Crippen LogP contribution is 2.31. The topological polar surface area (TPSA) is 71.2 Å². The SMILES string of the molecule is NC(=S)N(NC(=O)c1cnccc1C(F)(F)F)c1ccc(Cl)cc1. The Morgan fingerprint density at radius 1 is 1.25 bits per heavy atom. The van der Waals surface area contributed by atoms with Crippen molar-refractivity contribution < 1.29 is 18.0 Å². The van der Waals surface area contributed by atoms with Gasteiger partial charge < -0.3 is 5.73 Å². The molecule has 5 nitrogen and oxygen atoms in total. The number of nitrogens with one attached hydrogen (secondary N) is 1. The predicted octanol–water partition coefficient (Wildman–Crippen LogP) is 3.15. The largest absolute Gasteiger partial charge is 0.417 e. The van der Waals surface area contributed by atoms with Gasteiger partial charge in [0.05, 0.1) is 16.8 Å². The molecule has 0 saturated heterocycles. The minimum Gasteiger partial charge on any atom is -0.374 e. The van der Waals surface area contributed by atoms with Gasteiger partial charge >= 0.3 is 6.18 Å². The number of rotatable bonds is 2. The maximum atomic E-state index is 13.0. The number of carbonyl (C=O) groups excluding carboxylic acids is 1. The lowest BCUT2D eigenvalue weighted by Crippen LogP contribution is -2.49. The van der Waals surface area contributed by atoms with Crippen molar-refractivity contribution in [1.29, 1.82) is 0 Å². The van der Waals surface area contributed by atoms with E-state index in [-0.39, 0.29) is 5.11 Å². The molecule has 0 bridgehead atoms. The number of nitrogens with two attached hydrogens (primary N) is 1. The Hall–Kier alpha value is -2.39. The molecular weight excluding hydrogens is 365 g/mol. The van der Waals surface area contributed by atoms with E-state index in [0.717, 1.165) is 17.4 Å². The highest BCUT2D eigenvalue weighted by atomic mass is 35.5. The molecule has 0 spiro atoms. The van der Waals surface area contributed by atoms with Crippen LogP contribution >= 0.6 is 23.8 Å². The average molecular weight is 375 g/mol. The maximum Gasteiger partial charge on any atom is 0.417 e. The van der Waals surface area contributed by atoms with Crippen LogP contribution in [-0.2, 0) is 6.18 Å². The standard InChI is InChI=1S/C14H10ClF3N4OS/c15-8-1-3-9(4-2-8)22(13(19)24)21-12(23)10-7-20-6-5-11(10)14(16,17)18/h1-7H,(H2,19,24)(H,21,23). The monoisotopic (exact) mass is 374 g/mol. The molecule has 126 valence electrons. The van der Waals surface area contributed by atoms with Crippen molar-refractivity contribution in [1.82, 2.24) is 10.4 Å². The molecule has 0 aliphatic heterocycles. The molecule has 0 unspecified atom stereocenters. The van der Waals surface area contributed by atoms with E-state index in [9.17, 15) is 18.0 Å². The number of carbonyl (C=O) groups is 1. The van der Waals surface area contributed by atoms with E-state index in [2.05, 4.69) is 10.4 Å². The summed E-state index contributed by atoms with van der Waals surface area (Å²) in [5.41, 5.74) is 6.32. The van der Waals surface area contributed by atoms with Crippen LogP contribution < -0.4 is 16.2 Å². The molecular formula is C14H10ClF3N4OS. The van der Waals surface area contributed by atoms with Gasteiger partial charge in [-0.15, -0.1) is 0 Å². The molecule has 24 heavy (non-hydrogen) atoms. The number of amides is 1. The van der Waals surface area contributed by atoms with Gasteiger partial charge in [0.25, 0.3) is 5.91 Å². The molecule has 2 aromatic rings. The van der Waals surface area contributed by atoms with Crippen molar-refractivity contribution in [2.75, 3.05) is 5.01 Å². The van der Waals surface area contributed by atoms with E-state index in [1.165, 1.54) is 24.3 Å². The highest BCUT2D eigenvalue weighted by Gasteiger charge is 2.35. The second-order valence-corrected chi connectivity index (χ2v) is 5.36. The molecule has 1 aromatic carbocycles. The number of halogens is 4. The molecule has 0 saturated carbocycles. The summed E-state index contributed by atoms with van der Waals surface area (Å²) in [5, 5.41) is 1.14. The van der Waals surface area contributed by atoms with Crippen molar-refractivity contribution in [2.45, 2.75) is 6.18 Å². The Balaban J connectivity index is 2.33. The van der Waals surface area contributed by atoms with Gasteiger partial charge in [-0.25, -0.2) is 5.01 Å². The third-order valence-electron chi connectivity index (χ3n) is 2.89. The Kier molecular flexibility index (Phi) is 5.25. The molecule has 0 fully saturated rings. The Morgan fingerprint density at radius 3 is 2.42 bits per heavy atom. The first kappa shape index (κ1) is 18.0. The van der Waals surface area contributed by atoms with Gasteiger partial charge in [-0.05, 0) is 42.5 Å². The summed E-state index contributed by atoms with van der Waals surface area (Å²) in [6.45, 7) is 0. The van der Waals surface area contributed by atoms with Gasteiger partial charge in [-0.2, -0.15) is 13.2 Å². The van der Waals surface area contributed by atoms with Gasteiger partial charge in [-0.3, -0.25) is 15.2 Å². The van der Waals surface area contributed by atoms with Crippen LogP contribution in [0.3, 0.4) is 0 Å². The van der Waals surface area contributed by atoms with Gasteiger partial charge in [-0.1, -0.05) is 11.6 Å². The van der Waals surface area contributed by atoms with Crippen molar-refractivity contribution >= 4 is 40.5 Å². The van der Waals surface area contributed by atoms with Crippen molar-refractivity contribution in [3.63, 3.8) is 0 Å². The summed E-state index contributed by atoms with van der Waals surface area (Å²) >= 11 is 10.6. The zero-order valence-corrected chi connectivity index (χ0v) is 13.4. The lowest BCUT2D eigenvalue weighted by atomic mass is 10.1. The zero-order chi connectivity index (χ0) is 17.9. The second-order valence-electron chi connectivity index (χ2n) is 4.51. The molecule has 3 N–H and O–H groups in total. The average Bonchev–Trinajstić information content (AvgIpc) is 2.52. The third kappa shape index (κ3) is 4.12. The molecule has 1 heterocycles. The number of hydrogen-bond donors (Lipinski definition) is 2. The Bertz CT molecular complexity index is 767. The van der Waals surface area contributed by atoms with Crippen LogP contribution in [0.1, 0.15) is 15.9 Å². The number of hydrazine groups is 1. The predicted molar refractivity (Wildman–Crippen MR) is 87.4 cm³/mol. The number of thiocarbonyl (C=S) groups is 1. The van der Waals surface area contributed by atoms with Gasteiger partial charge in [0.2, 0.25) is 0 Å². The maximum absolute atomic E-state index is 13.0. The van der Waals surface area contributed by atoms with E-state index in [1.54, 1.807) is 0 Å². The number of pyridine rings is 1. The molecule has 10 heteroatoms. The van der Waals surface area contributed by atoms with Crippen molar-refractivity contribution in [2.24, 2.45) is 5.73 Å². The summed E-state index contributed by atoms with van der Waals surface area (Å²) in [6, 6.07) is 6.73. The Labute approximate surface area is 145 Å².